The van der Waals surface area contributed by atoms with E-state index in [0.29, 0.717) is 0 Å². The van der Waals surface area contributed by atoms with Crippen molar-refractivity contribution in [3.05, 3.63) is 85.5 Å². The van der Waals surface area contributed by atoms with Crippen molar-refractivity contribution in [2.24, 2.45) is 0 Å². The highest BCUT2D eigenvalue weighted by molar-refractivity contribution is 6.07. The van der Waals surface area contributed by atoms with Crippen LogP contribution in [0.5, 0.6) is 0 Å². The summed E-state index contributed by atoms with van der Waals surface area (Å²) in [5.41, 5.74) is 3.70. The van der Waals surface area contributed by atoms with Crippen LogP contribution in [-0.4, -0.2) is 4.57 Å². The standard InChI is InChI=1S/C20H19N/c1-3-4-9-16(2)14-15-21-19-12-7-5-10-17(19)18-11-6-8-13-20(18)21/h3-13H,1-2,14-15H2. The second-order valence-corrected chi connectivity index (χ2v) is 5.19. The molecule has 0 unspecified atom stereocenters. The lowest BCUT2D eigenvalue weighted by Crippen LogP contribution is -1.98. The Hall–Kier alpha value is -2.54. The third-order valence-corrected chi connectivity index (χ3v) is 3.80. The molecule has 104 valence electrons. The van der Waals surface area contributed by atoms with Gasteiger partial charge in [-0.1, -0.05) is 73.4 Å². The Labute approximate surface area is 125 Å². The van der Waals surface area contributed by atoms with E-state index in [2.05, 4.69) is 66.3 Å². The number of hydrogen-bond acceptors (Lipinski definition) is 0. The third-order valence-electron chi connectivity index (χ3n) is 3.80. The SMILES string of the molecule is C=CC=CC(=C)CCn1c2ccccc2c2ccccc21. The van der Waals surface area contributed by atoms with E-state index in [1.165, 1.54) is 21.8 Å². The minimum absolute atomic E-state index is 0.938. The zero-order chi connectivity index (χ0) is 14.7. The van der Waals surface area contributed by atoms with Crippen LogP contribution < -0.4 is 0 Å². The van der Waals surface area contributed by atoms with Crippen molar-refractivity contribution in [1.29, 1.82) is 0 Å². The molecular weight excluding hydrogens is 254 g/mol. The molecule has 0 atom stereocenters. The monoisotopic (exact) mass is 273 g/mol. The van der Waals surface area contributed by atoms with Gasteiger partial charge in [0.05, 0.1) is 0 Å². The van der Waals surface area contributed by atoms with Gasteiger partial charge in [-0.25, -0.2) is 0 Å². The highest BCUT2D eigenvalue weighted by Crippen LogP contribution is 2.29. The van der Waals surface area contributed by atoms with Gasteiger partial charge in [0.2, 0.25) is 0 Å². The van der Waals surface area contributed by atoms with Crippen LogP contribution in [0.25, 0.3) is 21.8 Å². The molecule has 3 rings (SSSR count). The molecule has 0 saturated heterocycles. The first-order valence-electron chi connectivity index (χ1n) is 7.24. The Morgan fingerprint density at radius 2 is 1.52 bits per heavy atom. The van der Waals surface area contributed by atoms with E-state index in [4.69, 9.17) is 0 Å². The Kier molecular flexibility index (Phi) is 3.74. The third kappa shape index (κ3) is 2.55. The summed E-state index contributed by atoms with van der Waals surface area (Å²) in [5.74, 6) is 0. The summed E-state index contributed by atoms with van der Waals surface area (Å²) in [7, 11) is 0. The van der Waals surface area contributed by atoms with Crippen LogP contribution in [-0.2, 0) is 6.54 Å². The van der Waals surface area contributed by atoms with E-state index < -0.39 is 0 Å². The molecule has 0 saturated carbocycles. The molecule has 0 amide bonds. The minimum Gasteiger partial charge on any atom is -0.340 e. The van der Waals surface area contributed by atoms with Crippen LogP contribution in [0.15, 0.2) is 85.5 Å². The lowest BCUT2D eigenvalue weighted by atomic mass is 10.2. The number of rotatable bonds is 5. The number of nitrogens with zero attached hydrogens (tertiary/aromatic N) is 1. The molecule has 1 heterocycles. The normalized spacial score (nSPS) is 11.4. The maximum Gasteiger partial charge on any atom is 0.0491 e. The Bertz CT molecular complexity index is 780. The fraction of sp³-hybridized carbons (Fsp3) is 0.100. The molecule has 0 aliphatic carbocycles. The fourth-order valence-electron chi connectivity index (χ4n) is 2.79. The lowest BCUT2D eigenvalue weighted by molar-refractivity contribution is 0.749. The quantitative estimate of drug-likeness (QED) is 0.542. The molecule has 0 N–H and O–H groups in total. The van der Waals surface area contributed by atoms with Crippen LogP contribution in [0, 0.1) is 0 Å². The van der Waals surface area contributed by atoms with Gasteiger partial charge in [-0.2, -0.15) is 0 Å². The second-order valence-electron chi connectivity index (χ2n) is 5.19. The zero-order valence-corrected chi connectivity index (χ0v) is 12.1. The van der Waals surface area contributed by atoms with Crippen LogP contribution in [0.3, 0.4) is 0 Å². The molecule has 0 fully saturated rings. The van der Waals surface area contributed by atoms with Crippen LogP contribution in [0.2, 0.25) is 0 Å². The highest BCUT2D eigenvalue weighted by Gasteiger charge is 2.08. The van der Waals surface area contributed by atoms with Gasteiger partial charge in [-0.3, -0.25) is 0 Å². The van der Waals surface area contributed by atoms with E-state index in [1.807, 2.05) is 12.2 Å². The topological polar surface area (TPSA) is 4.93 Å². The van der Waals surface area contributed by atoms with Crippen LogP contribution in [0.1, 0.15) is 6.42 Å². The summed E-state index contributed by atoms with van der Waals surface area (Å²) >= 11 is 0. The number of benzene rings is 2. The van der Waals surface area contributed by atoms with E-state index in [0.717, 1.165) is 18.5 Å². The van der Waals surface area contributed by atoms with E-state index in [1.54, 1.807) is 6.08 Å². The van der Waals surface area contributed by atoms with Gasteiger partial charge >= 0.3 is 0 Å². The summed E-state index contributed by atoms with van der Waals surface area (Å²) in [6.45, 7) is 8.73. The van der Waals surface area contributed by atoms with E-state index in [-0.39, 0.29) is 0 Å². The summed E-state index contributed by atoms with van der Waals surface area (Å²) in [5, 5.41) is 2.64. The molecule has 21 heavy (non-hydrogen) atoms. The number of para-hydroxylation sites is 2. The average Bonchev–Trinajstić information content (AvgIpc) is 2.85. The Morgan fingerprint density at radius 3 is 2.10 bits per heavy atom. The average molecular weight is 273 g/mol. The van der Waals surface area contributed by atoms with E-state index in [9.17, 15) is 0 Å². The van der Waals surface area contributed by atoms with E-state index >= 15 is 0 Å². The molecule has 1 nitrogen and oxygen atoms in total. The van der Waals surface area contributed by atoms with Gasteiger partial charge in [0.1, 0.15) is 0 Å². The molecule has 1 heteroatoms. The summed E-state index contributed by atoms with van der Waals surface area (Å²) in [6.07, 6.45) is 6.69. The van der Waals surface area contributed by atoms with Crippen molar-refractivity contribution < 1.29 is 0 Å². The van der Waals surface area contributed by atoms with Crippen molar-refractivity contribution in [3.8, 4) is 0 Å². The molecule has 0 spiro atoms. The fourth-order valence-corrected chi connectivity index (χ4v) is 2.79. The maximum atomic E-state index is 4.10. The van der Waals surface area contributed by atoms with Crippen molar-refractivity contribution in [3.63, 3.8) is 0 Å². The van der Waals surface area contributed by atoms with Gasteiger partial charge in [0.25, 0.3) is 0 Å². The van der Waals surface area contributed by atoms with Crippen molar-refractivity contribution >= 4 is 21.8 Å². The number of aromatic nitrogens is 1. The molecule has 1 aromatic heterocycles. The number of allylic oxidation sites excluding steroid dienone is 4. The molecule has 0 radical (unpaired) electrons. The molecular formula is C20H19N. The van der Waals surface area contributed by atoms with Gasteiger partial charge in [0.15, 0.2) is 0 Å². The number of hydrogen-bond donors (Lipinski definition) is 0. The number of aryl methyl sites for hydroxylation is 1. The first-order chi connectivity index (χ1) is 10.3. The van der Waals surface area contributed by atoms with Gasteiger partial charge in [-0.15, -0.1) is 0 Å². The number of fused-ring (bicyclic) bond motifs is 3. The van der Waals surface area contributed by atoms with Crippen molar-refractivity contribution in [1.82, 2.24) is 4.57 Å². The Morgan fingerprint density at radius 1 is 0.952 bits per heavy atom. The summed E-state index contributed by atoms with van der Waals surface area (Å²) < 4.78 is 2.39. The largest absolute Gasteiger partial charge is 0.340 e. The second kappa shape index (κ2) is 5.84. The van der Waals surface area contributed by atoms with Gasteiger partial charge in [-0.05, 0) is 18.6 Å². The first-order valence-corrected chi connectivity index (χ1v) is 7.24. The van der Waals surface area contributed by atoms with Gasteiger partial charge in [0, 0.05) is 28.4 Å². The Balaban J connectivity index is 2.02. The van der Waals surface area contributed by atoms with Crippen LogP contribution >= 0.6 is 0 Å². The van der Waals surface area contributed by atoms with Crippen LogP contribution in [0.4, 0.5) is 0 Å². The maximum absolute atomic E-state index is 4.10. The molecule has 0 aliphatic heterocycles. The highest BCUT2D eigenvalue weighted by atomic mass is 15.0. The first kappa shape index (κ1) is 13.4. The van der Waals surface area contributed by atoms with Crippen molar-refractivity contribution in [2.75, 3.05) is 0 Å². The molecule has 3 aromatic rings. The predicted molar refractivity (Wildman–Crippen MR) is 92.5 cm³/mol. The lowest BCUT2D eigenvalue weighted by Gasteiger charge is -2.07. The zero-order valence-electron chi connectivity index (χ0n) is 12.1. The molecule has 2 aromatic carbocycles. The summed E-state index contributed by atoms with van der Waals surface area (Å²) in [4.78, 5) is 0. The minimum atomic E-state index is 0.938. The summed E-state index contributed by atoms with van der Waals surface area (Å²) in [6, 6.07) is 17.2. The molecule has 0 aliphatic rings. The smallest absolute Gasteiger partial charge is 0.0491 e. The predicted octanol–water partition coefficient (Wildman–Crippen LogP) is 5.48. The van der Waals surface area contributed by atoms with Gasteiger partial charge < -0.3 is 4.57 Å². The molecule has 0 bridgehead atoms. The van der Waals surface area contributed by atoms with Crippen molar-refractivity contribution in [2.45, 2.75) is 13.0 Å².